The predicted molar refractivity (Wildman–Crippen MR) is 82.2 cm³/mol. The Morgan fingerprint density at radius 2 is 1.77 bits per heavy atom. The highest BCUT2D eigenvalue weighted by atomic mass is 19.4. The summed E-state index contributed by atoms with van der Waals surface area (Å²) in [7, 11) is 0. The Hall–Kier alpha value is -2.45. The summed E-state index contributed by atoms with van der Waals surface area (Å²) >= 11 is 0. The van der Waals surface area contributed by atoms with Crippen molar-refractivity contribution in [1.82, 2.24) is 0 Å². The highest BCUT2D eigenvalue weighted by Crippen LogP contribution is 2.35. The summed E-state index contributed by atoms with van der Waals surface area (Å²) in [5.74, 6) is -4.80. The van der Waals surface area contributed by atoms with Crippen molar-refractivity contribution in [3.63, 3.8) is 0 Å². The van der Waals surface area contributed by atoms with Gasteiger partial charge in [-0.1, -0.05) is 13.0 Å². The van der Waals surface area contributed by atoms with Gasteiger partial charge in [0.1, 0.15) is 11.6 Å². The molecule has 1 aromatic carbocycles. The van der Waals surface area contributed by atoms with E-state index in [1.807, 2.05) is 6.08 Å². The predicted octanol–water partition coefficient (Wildman–Crippen LogP) is 4.50. The Bertz CT molecular complexity index is 697. The highest BCUT2D eigenvalue weighted by molar-refractivity contribution is 5.73. The maximum absolute atomic E-state index is 13.6. The number of allylic oxidation sites excluding steroid dienone is 2. The first-order valence-electron chi connectivity index (χ1n) is 7.60. The van der Waals surface area contributed by atoms with Crippen molar-refractivity contribution in [2.75, 3.05) is 0 Å². The van der Waals surface area contributed by atoms with Crippen LogP contribution in [0.15, 0.2) is 24.3 Å². The summed E-state index contributed by atoms with van der Waals surface area (Å²) < 4.78 is 58.5. The first kappa shape index (κ1) is 21.6. The second-order valence-electron chi connectivity index (χ2n) is 5.82. The number of aliphatic carboxylic acids is 2. The third-order valence-corrected chi connectivity index (χ3v) is 4.06. The van der Waals surface area contributed by atoms with Crippen molar-refractivity contribution in [1.29, 1.82) is 0 Å². The van der Waals surface area contributed by atoms with Gasteiger partial charge in [0.05, 0.1) is 5.92 Å². The van der Waals surface area contributed by atoms with E-state index in [9.17, 15) is 26.7 Å². The van der Waals surface area contributed by atoms with Gasteiger partial charge in [-0.25, -0.2) is 13.6 Å². The Morgan fingerprint density at radius 3 is 2.19 bits per heavy atom. The summed E-state index contributed by atoms with van der Waals surface area (Å²) in [5, 5.41) is 16.1. The maximum atomic E-state index is 13.6. The Morgan fingerprint density at radius 1 is 1.19 bits per heavy atom. The van der Waals surface area contributed by atoms with Crippen LogP contribution in [0, 0.1) is 23.5 Å². The van der Waals surface area contributed by atoms with E-state index < -0.39 is 35.7 Å². The third kappa shape index (κ3) is 6.12. The monoisotopic (exact) mass is 380 g/mol. The molecule has 2 rings (SSSR count). The molecule has 2 N–H and O–H groups in total. The molecular weight excluding hydrogens is 363 g/mol. The van der Waals surface area contributed by atoms with Crippen LogP contribution in [-0.2, 0) is 9.59 Å². The molecule has 2 atom stereocenters. The zero-order valence-electron chi connectivity index (χ0n) is 13.7. The van der Waals surface area contributed by atoms with Gasteiger partial charge < -0.3 is 10.2 Å². The molecule has 2 unspecified atom stereocenters. The number of rotatable bonds is 3. The van der Waals surface area contributed by atoms with E-state index in [-0.39, 0.29) is 5.92 Å². The van der Waals surface area contributed by atoms with E-state index in [1.165, 1.54) is 6.07 Å². The van der Waals surface area contributed by atoms with E-state index in [0.717, 1.165) is 17.7 Å². The standard InChI is InChI=1S/C15H16F2O2.C2HF3O2/c1-9(15(18)19)10-2-4-11(5-3-10)13-8-12(16)6-7-14(13)17;3-2(4,5)1(6)7/h4,6-10H,2-3,5H2,1H3,(H,18,19);(H,6,7). The van der Waals surface area contributed by atoms with E-state index in [4.69, 9.17) is 15.0 Å². The number of hydrogen-bond donors (Lipinski definition) is 2. The van der Waals surface area contributed by atoms with Crippen LogP contribution in [-0.4, -0.2) is 28.3 Å². The van der Waals surface area contributed by atoms with Gasteiger partial charge >= 0.3 is 18.1 Å². The molecule has 0 saturated heterocycles. The molecule has 0 saturated carbocycles. The molecule has 9 heteroatoms. The van der Waals surface area contributed by atoms with Crippen LogP contribution in [0.3, 0.4) is 0 Å². The number of hydrogen-bond acceptors (Lipinski definition) is 2. The molecule has 0 amide bonds. The lowest BCUT2D eigenvalue weighted by Crippen LogP contribution is -2.22. The second-order valence-corrected chi connectivity index (χ2v) is 5.82. The molecule has 4 nitrogen and oxygen atoms in total. The molecule has 144 valence electrons. The number of benzene rings is 1. The first-order chi connectivity index (χ1) is 11.9. The molecule has 26 heavy (non-hydrogen) atoms. The largest absolute Gasteiger partial charge is 0.490 e. The molecule has 0 spiro atoms. The molecule has 1 aliphatic rings. The molecule has 1 aliphatic carbocycles. The van der Waals surface area contributed by atoms with Crippen LogP contribution in [0.4, 0.5) is 22.0 Å². The van der Waals surface area contributed by atoms with Crippen molar-refractivity contribution in [3.05, 3.63) is 41.5 Å². The van der Waals surface area contributed by atoms with Crippen molar-refractivity contribution in [2.45, 2.75) is 32.4 Å². The smallest absolute Gasteiger partial charge is 0.481 e. The number of carboxylic acids is 2. The van der Waals surface area contributed by atoms with Crippen molar-refractivity contribution in [2.24, 2.45) is 11.8 Å². The van der Waals surface area contributed by atoms with E-state index in [2.05, 4.69) is 0 Å². The molecule has 0 bridgehead atoms. The van der Waals surface area contributed by atoms with Gasteiger partial charge in [0, 0.05) is 5.56 Å². The summed E-state index contributed by atoms with van der Waals surface area (Å²) in [6.45, 7) is 1.69. The lowest BCUT2D eigenvalue weighted by atomic mass is 9.80. The summed E-state index contributed by atoms with van der Waals surface area (Å²) in [6, 6.07) is 3.41. The molecule has 1 aromatic rings. The lowest BCUT2D eigenvalue weighted by molar-refractivity contribution is -0.192. The minimum atomic E-state index is -5.08. The molecule has 0 heterocycles. The van der Waals surface area contributed by atoms with Gasteiger partial charge in [0.25, 0.3) is 0 Å². The van der Waals surface area contributed by atoms with Gasteiger partial charge in [0.15, 0.2) is 0 Å². The molecule has 0 aromatic heterocycles. The van der Waals surface area contributed by atoms with E-state index in [0.29, 0.717) is 24.8 Å². The molecular formula is C17H17F5O4. The zero-order valence-corrected chi connectivity index (χ0v) is 13.7. The number of carboxylic acid groups (broad SMARTS) is 2. The van der Waals surface area contributed by atoms with Crippen molar-refractivity contribution in [3.8, 4) is 0 Å². The average molecular weight is 380 g/mol. The summed E-state index contributed by atoms with van der Waals surface area (Å²) in [4.78, 5) is 19.8. The number of carbonyl (C=O) groups is 2. The van der Waals surface area contributed by atoms with Crippen LogP contribution < -0.4 is 0 Å². The van der Waals surface area contributed by atoms with Crippen molar-refractivity contribution >= 4 is 17.5 Å². The summed E-state index contributed by atoms with van der Waals surface area (Å²) in [6.07, 6.45) is -1.37. The third-order valence-electron chi connectivity index (χ3n) is 4.06. The topological polar surface area (TPSA) is 74.6 Å². The fourth-order valence-electron chi connectivity index (χ4n) is 2.50. The Kier molecular flexibility index (Phi) is 7.29. The van der Waals surface area contributed by atoms with Crippen LogP contribution in [0.25, 0.3) is 5.57 Å². The Labute approximate surface area is 145 Å². The zero-order chi connectivity index (χ0) is 20.1. The van der Waals surface area contributed by atoms with Gasteiger partial charge in [-0.05, 0) is 49.0 Å². The van der Waals surface area contributed by atoms with Gasteiger partial charge in [0.2, 0.25) is 0 Å². The Balaban J connectivity index is 0.000000412. The number of halogens is 5. The SMILES string of the molecule is CC(C(=O)O)C1CC=C(c2cc(F)ccc2F)CC1.O=C(O)C(F)(F)F. The fourth-order valence-corrected chi connectivity index (χ4v) is 2.50. The lowest BCUT2D eigenvalue weighted by Gasteiger charge is -2.25. The van der Waals surface area contributed by atoms with Crippen molar-refractivity contribution < 1.29 is 41.8 Å². The van der Waals surface area contributed by atoms with Crippen LogP contribution in [0.1, 0.15) is 31.7 Å². The normalized spacial score (nSPS) is 18.2. The second kappa shape index (κ2) is 8.77. The van der Waals surface area contributed by atoms with Crippen LogP contribution in [0.5, 0.6) is 0 Å². The summed E-state index contributed by atoms with van der Waals surface area (Å²) in [5.41, 5.74) is 1.06. The minimum absolute atomic E-state index is 0.0675. The van der Waals surface area contributed by atoms with Gasteiger partial charge in [-0.15, -0.1) is 0 Å². The van der Waals surface area contributed by atoms with E-state index >= 15 is 0 Å². The van der Waals surface area contributed by atoms with E-state index in [1.54, 1.807) is 6.92 Å². The first-order valence-corrected chi connectivity index (χ1v) is 7.60. The number of alkyl halides is 3. The fraction of sp³-hybridized carbons (Fsp3) is 0.412. The van der Waals surface area contributed by atoms with Crippen LogP contribution >= 0.6 is 0 Å². The average Bonchev–Trinajstić information content (AvgIpc) is 2.56. The minimum Gasteiger partial charge on any atom is -0.481 e. The van der Waals surface area contributed by atoms with Gasteiger partial charge in [-0.2, -0.15) is 13.2 Å². The quantitative estimate of drug-likeness (QED) is 0.757. The molecule has 0 radical (unpaired) electrons. The maximum Gasteiger partial charge on any atom is 0.490 e. The van der Waals surface area contributed by atoms with Gasteiger partial charge in [-0.3, -0.25) is 4.79 Å². The molecule has 0 aliphatic heterocycles. The van der Waals surface area contributed by atoms with Crippen LogP contribution in [0.2, 0.25) is 0 Å². The molecule has 0 fully saturated rings. The highest BCUT2D eigenvalue weighted by Gasteiger charge is 2.38.